The summed E-state index contributed by atoms with van der Waals surface area (Å²) in [4.78, 5) is 7.81. The second-order valence-corrected chi connectivity index (χ2v) is 6.05. The number of rotatable bonds is 7. The Balaban J connectivity index is 0.00000392. The third kappa shape index (κ3) is 7.17. The van der Waals surface area contributed by atoms with E-state index >= 15 is 0 Å². The molecule has 0 atom stereocenters. The first-order valence-electron chi connectivity index (χ1n) is 8.47. The molecule has 0 unspecified atom stereocenters. The van der Waals surface area contributed by atoms with Crippen LogP contribution in [0.3, 0.4) is 0 Å². The highest BCUT2D eigenvalue weighted by molar-refractivity contribution is 14.0. The van der Waals surface area contributed by atoms with Gasteiger partial charge in [0.25, 0.3) is 0 Å². The Bertz CT molecular complexity index is 763. The molecule has 2 aromatic rings. The van der Waals surface area contributed by atoms with E-state index in [0.29, 0.717) is 24.8 Å². The number of nitrogens with zero attached hydrogens (tertiary/aromatic N) is 3. The normalized spacial score (nSPS) is 11.9. The molecule has 28 heavy (non-hydrogen) atoms. The van der Waals surface area contributed by atoms with Crippen molar-refractivity contribution in [2.45, 2.75) is 32.5 Å². The van der Waals surface area contributed by atoms with Gasteiger partial charge in [-0.25, -0.2) is 4.98 Å². The Kier molecular flexibility index (Phi) is 9.49. The summed E-state index contributed by atoms with van der Waals surface area (Å²) >= 11 is 0. The SMILES string of the molecule is CN=C(NCCNc1ncccc1C(F)(F)F)NCc1cc(C(C)C)no1.I. The number of halogens is 4. The highest BCUT2D eigenvalue weighted by Crippen LogP contribution is 2.33. The first-order valence-corrected chi connectivity index (χ1v) is 8.47. The zero-order valence-electron chi connectivity index (χ0n) is 15.8. The molecule has 0 spiro atoms. The van der Waals surface area contributed by atoms with Crippen LogP contribution in [-0.4, -0.2) is 36.2 Å². The Morgan fingerprint density at radius 3 is 2.61 bits per heavy atom. The molecule has 11 heteroatoms. The van der Waals surface area contributed by atoms with Gasteiger partial charge in [0.15, 0.2) is 11.7 Å². The van der Waals surface area contributed by atoms with Crippen molar-refractivity contribution in [3.63, 3.8) is 0 Å². The smallest absolute Gasteiger partial charge is 0.368 e. The second kappa shape index (κ2) is 11.1. The molecule has 0 fully saturated rings. The van der Waals surface area contributed by atoms with Crippen LogP contribution in [0.2, 0.25) is 0 Å². The molecule has 0 saturated carbocycles. The molecular formula is C17H24F3IN6O. The minimum Gasteiger partial charge on any atom is -0.368 e. The molecule has 3 N–H and O–H groups in total. The lowest BCUT2D eigenvalue weighted by atomic mass is 10.1. The van der Waals surface area contributed by atoms with Crippen LogP contribution >= 0.6 is 24.0 Å². The van der Waals surface area contributed by atoms with Gasteiger partial charge in [-0.3, -0.25) is 4.99 Å². The minimum atomic E-state index is -4.45. The van der Waals surface area contributed by atoms with Gasteiger partial charge < -0.3 is 20.5 Å². The number of hydrogen-bond acceptors (Lipinski definition) is 5. The standard InChI is InChI=1S/C17H23F3N6O.HI/c1-11(2)14-9-12(27-26-14)10-25-16(21-3)24-8-7-23-15-13(17(18,19)20)5-4-6-22-15;/h4-6,9,11H,7-8,10H2,1-3H3,(H,22,23)(H2,21,24,25);1H. The van der Waals surface area contributed by atoms with Crippen LogP contribution in [-0.2, 0) is 12.7 Å². The Morgan fingerprint density at radius 1 is 1.25 bits per heavy atom. The first kappa shape index (κ1) is 24.0. The summed E-state index contributed by atoms with van der Waals surface area (Å²) in [5.74, 6) is 1.25. The molecule has 0 aliphatic rings. The number of aromatic nitrogens is 2. The maximum absolute atomic E-state index is 12.9. The number of alkyl halides is 3. The van der Waals surface area contributed by atoms with Crippen molar-refractivity contribution < 1.29 is 17.7 Å². The van der Waals surface area contributed by atoms with E-state index in [9.17, 15) is 13.2 Å². The molecule has 0 bridgehead atoms. The van der Waals surface area contributed by atoms with Gasteiger partial charge in [0.05, 0.1) is 17.8 Å². The number of nitrogens with one attached hydrogen (secondary N) is 3. The van der Waals surface area contributed by atoms with Gasteiger partial charge in [-0.15, -0.1) is 24.0 Å². The van der Waals surface area contributed by atoms with Gasteiger partial charge in [-0.2, -0.15) is 13.2 Å². The molecule has 0 radical (unpaired) electrons. The molecule has 7 nitrogen and oxygen atoms in total. The Morgan fingerprint density at radius 2 is 2.00 bits per heavy atom. The number of pyridine rings is 1. The molecule has 2 rings (SSSR count). The van der Waals surface area contributed by atoms with Gasteiger partial charge in [-0.1, -0.05) is 19.0 Å². The van der Waals surface area contributed by atoms with Crippen molar-refractivity contribution in [3.05, 3.63) is 41.4 Å². The van der Waals surface area contributed by atoms with Gasteiger partial charge in [0.2, 0.25) is 0 Å². The van der Waals surface area contributed by atoms with E-state index in [1.165, 1.54) is 12.3 Å². The van der Waals surface area contributed by atoms with E-state index < -0.39 is 11.7 Å². The van der Waals surface area contributed by atoms with Gasteiger partial charge in [0.1, 0.15) is 5.82 Å². The summed E-state index contributed by atoms with van der Waals surface area (Å²) in [6.07, 6.45) is -3.14. The van der Waals surface area contributed by atoms with Crippen LogP contribution in [0.25, 0.3) is 0 Å². The Hall–Kier alpha value is -2.05. The summed E-state index contributed by atoms with van der Waals surface area (Å²) in [6.45, 7) is 5.02. The number of hydrogen-bond donors (Lipinski definition) is 3. The average molecular weight is 512 g/mol. The lowest BCUT2D eigenvalue weighted by molar-refractivity contribution is -0.137. The van der Waals surface area contributed by atoms with E-state index in [2.05, 4.69) is 31.1 Å². The van der Waals surface area contributed by atoms with Crippen LogP contribution in [0.4, 0.5) is 19.0 Å². The van der Waals surface area contributed by atoms with E-state index in [-0.39, 0.29) is 42.3 Å². The fourth-order valence-electron chi connectivity index (χ4n) is 2.21. The van der Waals surface area contributed by atoms with Crippen LogP contribution in [0.5, 0.6) is 0 Å². The minimum absolute atomic E-state index is 0. The fourth-order valence-corrected chi connectivity index (χ4v) is 2.21. The molecule has 0 amide bonds. The predicted octanol–water partition coefficient (Wildman–Crippen LogP) is 3.61. The average Bonchev–Trinajstić information content (AvgIpc) is 3.10. The maximum atomic E-state index is 12.9. The van der Waals surface area contributed by atoms with Crippen LogP contribution < -0.4 is 16.0 Å². The van der Waals surface area contributed by atoms with E-state index in [1.807, 2.05) is 19.9 Å². The summed E-state index contributed by atoms with van der Waals surface area (Å²) in [5, 5.41) is 12.7. The third-order valence-corrected chi connectivity index (χ3v) is 3.65. The largest absolute Gasteiger partial charge is 0.419 e. The van der Waals surface area contributed by atoms with Crippen molar-refractivity contribution in [3.8, 4) is 0 Å². The molecular weight excluding hydrogens is 488 g/mol. The van der Waals surface area contributed by atoms with Crippen molar-refractivity contribution >= 4 is 35.8 Å². The van der Waals surface area contributed by atoms with Crippen LogP contribution in [0, 0.1) is 0 Å². The van der Waals surface area contributed by atoms with E-state index in [0.717, 1.165) is 11.8 Å². The highest BCUT2D eigenvalue weighted by Gasteiger charge is 2.33. The summed E-state index contributed by atoms with van der Waals surface area (Å²) in [5.41, 5.74) is 0.0774. The van der Waals surface area contributed by atoms with Gasteiger partial charge in [-0.05, 0) is 18.1 Å². The molecule has 0 saturated heterocycles. The lowest BCUT2D eigenvalue weighted by Crippen LogP contribution is -2.39. The molecule has 0 aliphatic carbocycles. The summed E-state index contributed by atoms with van der Waals surface area (Å²) in [6, 6.07) is 4.12. The van der Waals surface area contributed by atoms with Crippen molar-refractivity contribution in [2.24, 2.45) is 4.99 Å². The van der Waals surface area contributed by atoms with Gasteiger partial charge in [0, 0.05) is 32.4 Å². The van der Waals surface area contributed by atoms with Crippen molar-refractivity contribution in [1.82, 2.24) is 20.8 Å². The fraction of sp³-hybridized carbons (Fsp3) is 0.471. The summed E-state index contributed by atoms with van der Waals surface area (Å²) < 4.78 is 44.0. The molecule has 156 valence electrons. The number of anilines is 1. The van der Waals surface area contributed by atoms with Crippen molar-refractivity contribution in [2.75, 3.05) is 25.5 Å². The predicted molar refractivity (Wildman–Crippen MR) is 112 cm³/mol. The molecule has 0 aromatic carbocycles. The Labute approximate surface area is 178 Å². The quantitative estimate of drug-likeness (QED) is 0.228. The monoisotopic (exact) mass is 512 g/mol. The highest BCUT2D eigenvalue weighted by atomic mass is 127. The van der Waals surface area contributed by atoms with E-state index in [4.69, 9.17) is 4.52 Å². The van der Waals surface area contributed by atoms with E-state index in [1.54, 1.807) is 7.05 Å². The molecule has 2 heterocycles. The maximum Gasteiger partial charge on any atom is 0.419 e. The molecule has 0 aliphatic heterocycles. The number of guanidine groups is 1. The first-order chi connectivity index (χ1) is 12.8. The second-order valence-electron chi connectivity index (χ2n) is 6.05. The molecule has 2 aromatic heterocycles. The lowest BCUT2D eigenvalue weighted by Gasteiger charge is -2.14. The summed E-state index contributed by atoms with van der Waals surface area (Å²) in [7, 11) is 1.60. The van der Waals surface area contributed by atoms with Gasteiger partial charge >= 0.3 is 6.18 Å². The third-order valence-electron chi connectivity index (χ3n) is 3.65. The zero-order chi connectivity index (χ0) is 19.9. The van der Waals surface area contributed by atoms with Crippen molar-refractivity contribution in [1.29, 1.82) is 0 Å². The van der Waals surface area contributed by atoms with Crippen LogP contribution in [0.1, 0.15) is 36.8 Å². The topological polar surface area (TPSA) is 87.4 Å². The number of aliphatic imine (C=N–C) groups is 1. The van der Waals surface area contributed by atoms with Crippen LogP contribution in [0.15, 0.2) is 33.9 Å². The zero-order valence-corrected chi connectivity index (χ0v) is 18.1.